The van der Waals surface area contributed by atoms with Crippen molar-refractivity contribution in [2.24, 2.45) is 5.92 Å². The van der Waals surface area contributed by atoms with E-state index < -0.39 is 5.60 Å². The minimum atomic E-state index is -0.523. The van der Waals surface area contributed by atoms with Crippen LogP contribution in [0.5, 0.6) is 0 Å². The average molecular weight is 169 g/mol. The summed E-state index contributed by atoms with van der Waals surface area (Å²) in [5.41, 5.74) is 2.26. The van der Waals surface area contributed by atoms with Crippen LogP contribution >= 0.6 is 11.3 Å². The van der Waals surface area contributed by atoms with Gasteiger partial charge >= 0.3 is 0 Å². The van der Waals surface area contributed by atoms with E-state index in [4.69, 9.17) is 0 Å². The van der Waals surface area contributed by atoms with Crippen molar-refractivity contribution >= 4 is 11.3 Å². The van der Waals surface area contributed by atoms with E-state index in [0.29, 0.717) is 5.92 Å². The molecule has 1 fully saturated rings. The van der Waals surface area contributed by atoms with Crippen molar-refractivity contribution in [3.63, 3.8) is 0 Å². The molecule has 0 aromatic carbocycles. The summed E-state index contributed by atoms with van der Waals surface area (Å²) in [5.74, 6) is 0.418. The molecule has 1 N–H and O–H groups in total. The van der Waals surface area contributed by atoms with Crippen LogP contribution in [0.3, 0.4) is 0 Å². The van der Waals surface area contributed by atoms with E-state index in [9.17, 15) is 5.11 Å². The number of thiazole rings is 1. The number of hydrogen-bond donors (Lipinski definition) is 1. The normalized spacial score (nSPS) is 35.7. The molecule has 0 spiro atoms. The molecule has 1 aliphatic carbocycles. The van der Waals surface area contributed by atoms with Crippen molar-refractivity contribution in [3.05, 3.63) is 16.1 Å². The van der Waals surface area contributed by atoms with Gasteiger partial charge in [0.1, 0.15) is 5.60 Å². The maximum Gasteiger partial charge on any atom is 0.104 e. The minimum Gasteiger partial charge on any atom is -0.384 e. The summed E-state index contributed by atoms with van der Waals surface area (Å²) in [4.78, 5) is 5.18. The molecule has 2 atom stereocenters. The lowest BCUT2D eigenvalue weighted by molar-refractivity contribution is 0.138. The SMILES string of the molecule is Cc1ncsc1C1(O)CC1C. The lowest BCUT2D eigenvalue weighted by Gasteiger charge is -2.05. The highest BCUT2D eigenvalue weighted by molar-refractivity contribution is 7.09. The van der Waals surface area contributed by atoms with Crippen LogP contribution in [0.1, 0.15) is 23.9 Å². The second kappa shape index (κ2) is 2.05. The highest BCUT2D eigenvalue weighted by Crippen LogP contribution is 2.53. The molecule has 2 unspecified atom stereocenters. The van der Waals surface area contributed by atoms with Crippen molar-refractivity contribution < 1.29 is 5.11 Å². The van der Waals surface area contributed by atoms with Crippen LogP contribution in [0.2, 0.25) is 0 Å². The Bertz CT molecular complexity index is 283. The zero-order valence-corrected chi connectivity index (χ0v) is 7.48. The lowest BCUT2D eigenvalue weighted by Crippen LogP contribution is -2.06. The molecule has 2 nitrogen and oxygen atoms in total. The van der Waals surface area contributed by atoms with Crippen LogP contribution < -0.4 is 0 Å². The minimum absolute atomic E-state index is 0.418. The molecule has 1 aliphatic rings. The number of nitrogens with zero attached hydrogens (tertiary/aromatic N) is 1. The van der Waals surface area contributed by atoms with E-state index in [0.717, 1.165) is 17.0 Å². The Hall–Kier alpha value is -0.410. The molecule has 0 aliphatic heterocycles. The third kappa shape index (κ3) is 0.914. The summed E-state index contributed by atoms with van der Waals surface area (Å²) in [7, 11) is 0. The van der Waals surface area contributed by atoms with Gasteiger partial charge in [-0.15, -0.1) is 11.3 Å². The van der Waals surface area contributed by atoms with E-state index in [-0.39, 0.29) is 0 Å². The zero-order chi connectivity index (χ0) is 8.06. The van der Waals surface area contributed by atoms with Crippen molar-refractivity contribution in [3.8, 4) is 0 Å². The molecule has 2 rings (SSSR count). The van der Waals surface area contributed by atoms with Gasteiger partial charge in [-0.25, -0.2) is 4.98 Å². The highest BCUT2D eigenvalue weighted by atomic mass is 32.1. The van der Waals surface area contributed by atoms with Crippen LogP contribution in [-0.2, 0) is 5.60 Å². The number of aliphatic hydroxyl groups is 1. The van der Waals surface area contributed by atoms with Gasteiger partial charge in [0.25, 0.3) is 0 Å². The molecule has 3 heteroatoms. The molecule has 1 heterocycles. The van der Waals surface area contributed by atoms with Gasteiger partial charge in [-0.3, -0.25) is 0 Å². The monoisotopic (exact) mass is 169 g/mol. The van der Waals surface area contributed by atoms with E-state index in [2.05, 4.69) is 11.9 Å². The van der Waals surface area contributed by atoms with E-state index in [1.165, 1.54) is 0 Å². The fourth-order valence-corrected chi connectivity index (χ4v) is 2.47. The van der Waals surface area contributed by atoms with Gasteiger partial charge in [0.05, 0.1) is 16.1 Å². The third-order valence-electron chi connectivity index (χ3n) is 2.41. The summed E-state index contributed by atoms with van der Waals surface area (Å²) in [5, 5.41) is 9.91. The Morgan fingerprint density at radius 3 is 2.82 bits per heavy atom. The maximum absolute atomic E-state index is 9.91. The van der Waals surface area contributed by atoms with Crippen LogP contribution in [-0.4, -0.2) is 10.1 Å². The zero-order valence-electron chi connectivity index (χ0n) is 6.66. The third-order valence-corrected chi connectivity index (χ3v) is 3.51. The molecule has 11 heavy (non-hydrogen) atoms. The van der Waals surface area contributed by atoms with Gasteiger partial charge in [-0.2, -0.15) is 0 Å². The smallest absolute Gasteiger partial charge is 0.104 e. The molecule has 1 saturated carbocycles. The summed E-state index contributed by atoms with van der Waals surface area (Å²) in [6.07, 6.45) is 0.899. The fraction of sp³-hybridized carbons (Fsp3) is 0.625. The maximum atomic E-state index is 9.91. The molecule has 0 amide bonds. The van der Waals surface area contributed by atoms with Gasteiger partial charge in [0, 0.05) is 0 Å². The highest BCUT2D eigenvalue weighted by Gasteiger charge is 2.52. The van der Waals surface area contributed by atoms with Crippen LogP contribution in [0.4, 0.5) is 0 Å². The Morgan fingerprint density at radius 1 is 1.82 bits per heavy atom. The van der Waals surface area contributed by atoms with Crippen molar-refractivity contribution in [1.29, 1.82) is 0 Å². The Balaban J connectivity index is 2.37. The van der Waals surface area contributed by atoms with Crippen LogP contribution in [0.25, 0.3) is 0 Å². The average Bonchev–Trinajstić information content (AvgIpc) is 2.43. The van der Waals surface area contributed by atoms with E-state index in [1.54, 1.807) is 16.8 Å². The first-order valence-corrected chi connectivity index (χ1v) is 4.65. The molecule has 0 saturated heterocycles. The van der Waals surface area contributed by atoms with Gasteiger partial charge in [-0.05, 0) is 19.3 Å². The summed E-state index contributed by atoms with van der Waals surface area (Å²) in [6.45, 7) is 4.02. The van der Waals surface area contributed by atoms with Crippen molar-refractivity contribution in [2.75, 3.05) is 0 Å². The molecule has 60 valence electrons. The number of aromatic nitrogens is 1. The Morgan fingerprint density at radius 2 is 2.45 bits per heavy atom. The van der Waals surface area contributed by atoms with Crippen molar-refractivity contribution in [1.82, 2.24) is 4.98 Å². The second-order valence-corrected chi connectivity index (χ2v) is 4.15. The first-order valence-electron chi connectivity index (χ1n) is 3.77. The number of aryl methyl sites for hydroxylation is 1. The summed E-state index contributed by atoms with van der Waals surface area (Å²) in [6, 6.07) is 0. The van der Waals surface area contributed by atoms with Gasteiger partial charge in [-0.1, -0.05) is 6.92 Å². The second-order valence-electron chi connectivity index (χ2n) is 3.30. The topological polar surface area (TPSA) is 33.1 Å². The van der Waals surface area contributed by atoms with Gasteiger partial charge in [0.2, 0.25) is 0 Å². The van der Waals surface area contributed by atoms with Gasteiger partial charge in [0.15, 0.2) is 0 Å². The summed E-state index contributed by atoms with van der Waals surface area (Å²) >= 11 is 1.56. The predicted molar refractivity (Wildman–Crippen MR) is 44.5 cm³/mol. The molecule has 0 radical (unpaired) electrons. The molecule has 1 aromatic rings. The largest absolute Gasteiger partial charge is 0.384 e. The van der Waals surface area contributed by atoms with E-state index >= 15 is 0 Å². The molecule has 1 aromatic heterocycles. The number of hydrogen-bond acceptors (Lipinski definition) is 3. The summed E-state index contributed by atoms with van der Waals surface area (Å²) < 4.78 is 0. The number of rotatable bonds is 1. The standard InChI is InChI=1S/C8H11NOS/c1-5-3-8(5,10)7-6(2)9-4-11-7/h4-5,10H,3H2,1-2H3. The Kier molecular flexibility index (Phi) is 1.35. The van der Waals surface area contributed by atoms with Gasteiger partial charge < -0.3 is 5.11 Å². The fourth-order valence-electron chi connectivity index (χ4n) is 1.44. The van der Waals surface area contributed by atoms with Crippen LogP contribution in [0.15, 0.2) is 5.51 Å². The molecular weight excluding hydrogens is 158 g/mol. The molecule has 0 bridgehead atoms. The lowest BCUT2D eigenvalue weighted by atomic mass is 10.2. The first-order chi connectivity index (χ1) is 5.14. The van der Waals surface area contributed by atoms with Crippen LogP contribution in [0, 0.1) is 12.8 Å². The molecular formula is C8H11NOS. The Labute approximate surface area is 69.9 Å². The van der Waals surface area contributed by atoms with E-state index in [1.807, 2.05) is 6.92 Å². The first kappa shape index (κ1) is 7.25. The predicted octanol–water partition coefficient (Wildman–Crippen LogP) is 1.68. The quantitative estimate of drug-likeness (QED) is 0.693. The van der Waals surface area contributed by atoms with Crippen molar-refractivity contribution in [2.45, 2.75) is 25.9 Å².